The average Bonchev–Trinajstić information content (AvgIpc) is 2.53. The molecule has 0 bridgehead atoms. The molecule has 4 heteroatoms. The quantitative estimate of drug-likeness (QED) is 0.689. The maximum Gasteiger partial charge on any atom is 0.276 e. The Kier molecular flexibility index (Phi) is 3.94. The molecule has 0 saturated heterocycles. The number of aromatic nitrogens is 2. The van der Waals surface area contributed by atoms with Crippen LogP contribution in [0.25, 0.3) is 22.7 Å². The van der Waals surface area contributed by atoms with Gasteiger partial charge in [0.1, 0.15) is 5.69 Å². The second-order valence-electron chi connectivity index (χ2n) is 5.18. The second-order valence-corrected chi connectivity index (χ2v) is 6.10. The van der Waals surface area contributed by atoms with Crippen LogP contribution in [0.2, 0.25) is 0 Å². The molecule has 2 aromatic carbocycles. The van der Waals surface area contributed by atoms with Crippen LogP contribution < -0.4 is 5.56 Å². The SMILES string of the molecule is CC(=Cc1nc2ccccc2n(C)c1=O)c1ccc(Br)cc1. The highest BCUT2D eigenvalue weighted by atomic mass is 79.9. The molecule has 110 valence electrons. The van der Waals surface area contributed by atoms with E-state index < -0.39 is 0 Å². The van der Waals surface area contributed by atoms with E-state index in [1.54, 1.807) is 11.6 Å². The van der Waals surface area contributed by atoms with Crippen molar-refractivity contribution in [1.82, 2.24) is 9.55 Å². The summed E-state index contributed by atoms with van der Waals surface area (Å²) in [6, 6.07) is 15.7. The minimum atomic E-state index is -0.0878. The molecule has 0 aliphatic rings. The molecule has 0 unspecified atom stereocenters. The minimum absolute atomic E-state index is 0.0878. The van der Waals surface area contributed by atoms with Crippen LogP contribution in [0.3, 0.4) is 0 Å². The van der Waals surface area contributed by atoms with Crippen molar-refractivity contribution in [3.63, 3.8) is 0 Å². The van der Waals surface area contributed by atoms with E-state index in [0.717, 1.165) is 26.6 Å². The third kappa shape index (κ3) is 2.74. The third-order valence-electron chi connectivity index (χ3n) is 3.66. The highest BCUT2D eigenvalue weighted by Crippen LogP contribution is 2.19. The molecule has 3 aromatic rings. The normalized spacial score (nSPS) is 11.9. The number of allylic oxidation sites excluding steroid dienone is 1. The van der Waals surface area contributed by atoms with Gasteiger partial charge in [-0.05, 0) is 48.4 Å². The molecule has 0 atom stereocenters. The zero-order chi connectivity index (χ0) is 15.7. The summed E-state index contributed by atoms with van der Waals surface area (Å²) in [5, 5.41) is 0. The number of halogens is 1. The molecule has 1 heterocycles. The average molecular weight is 355 g/mol. The number of aryl methyl sites for hydroxylation is 1. The van der Waals surface area contributed by atoms with Gasteiger partial charge in [-0.15, -0.1) is 0 Å². The molecule has 0 saturated carbocycles. The molecule has 0 aliphatic carbocycles. The Bertz CT molecular complexity index is 924. The van der Waals surface area contributed by atoms with Gasteiger partial charge in [-0.2, -0.15) is 0 Å². The first-order valence-corrected chi connectivity index (χ1v) is 7.75. The largest absolute Gasteiger partial charge is 0.308 e. The van der Waals surface area contributed by atoms with Crippen LogP contribution in [0, 0.1) is 0 Å². The van der Waals surface area contributed by atoms with Gasteiger partial charge in [0.25, 0.3) is 5.56 Å². The molecule has 22 heavy (non-hydrogen) atoms. The molecule has 3 nitrogen and oxygen atoms in total. The van der Waals surface area contributed by atoms with Crippen LogP contribution in [0.15, 0.2) is 57.8 Å². The van der Waals surface area contributed by atoms with Gasteiger partial charge < -0.3 is 4.57 Å². The van der Waals surface area contributed by atoms with E-state index >= 15 is 0 Å². The monoisotopic (exact) mass is 354 g/mol. The number of para-hydroxylation sites is 2. The highest BCUT2D eigenvalue weighted by Gasteiger charge is 2.07. The van der Waals surface area contributed by atoms with E-state index in [4.69, 9.17) is 0 Å². The summed E-state index contributed by atoms with van der Waals surface area (Å²) in [6.07, 6.45) is 1.85. The summed E-state index contributed by atoms with van der Waals surface area (Å²) in [5.74, 6) is 0. The zero-order valence-corrected chi connectivity index (χ0v) is 14.0. The molecular weight excluding hydrogens is 340 g/mol. The lowest BCUT2D eigenvalue weighted by Gasteiger charge is -2.07. The zero-order valence-electron chi connectivity index (χ0n) is 12.4. The van der Waals surface area contributed by atoms with E-state index in [0.29, 0.717) is 5.69 Å². The fraction of sp³-hybridized carbons (Fsp3) is 0.111. The lowest BCUT2D eigenvalue weighted by atomic mass is 10.1. The number of nitrogens with zero attached hydrogens (tertiary/aromatic N) is 2. The van der Waals surface area contributed by atoms with Gasteiger partial charge in [-0.25, -0.2) is 4.98 Å². The summed E-state index contributed by atoms with van der Waals surface area (Å²) in [5.41, 5.74) is 4.11. The molecule has 0 aliphatic heterocycles. The fourth-order valence-electron chi connectivity index (χ4n) is 2.40. The minimum Gasteiger partial charge on any atom is -0.308 e. The smallest absolute Gasteiger partial charge is 0.276 e. The highest BCUT2D eigenvalue weighted by molar-refractivity contribution is 9.10. The van der Waals surface area contributed by atoms with Gasteiger partial charge in [0.15, 0.2) is 0 Å². The van der Waals surface area contributed by atoms with Gasteiger partial charge in [-0.1, -0.05) is 40.2 Å². The molecule has 0 fully saturated rings. The third-order valence-corrected chi connectivity index (χ3v) is 4.19. The standard InChI is InChI=1S/C18H15BrN2O/c1-12(13-7-9-14(19)10-8-13)11-16-18(22)21(2)17-6-4-3-5-15(17)20-16/h3-11H,1-2H3. The van der Waals surface area contributed by atoms with Crippen LogP contribution in [-0.2, 0) is 7.05 Å². The van der Waals surface area contributed by atoms with E-state index in [1.165, 1.54) is 0 Å². The number of hydrogen-bond acceptors (Lipinski definition) is 2. The van der Waals surface area contributed by atoms with Crippen molar-refractivity contribution in [1.29, 1.82) is 0 Å². The first-order chi connectivity index (χ1) is 10.6. The Morgan fingerprint density at radius 3 is 2.55 bits per heavy atom. The van der Waals surface area contributed by atoms with E-state index in [9.17, 15) is 4.79 Å². The van der Waals surface area contributed by atoms with Crippen molar-refractivity contribution in [3.8, 4) is 0 Å². The van der Waals surface area contributed by atoms with Gasteiger partial charge in [-0.3, -0.25) is 4.79 Å². The van der Waals surface area contributed by atoms with Crippen LogP contribution in [0.4, 0.5) is 0 Å². The topological polar surface area (TPSA) is 34.9 Å². The fourth-order valence-corrected chi connectivity index (χ4v) is 2.66. The molecule has 0 spiro atoms. The summed E-state index contributed by atoms with van der Waals surface area (Å²) in [4.78, 5) is 17.0. The molecule has 0 N–H and O–H groups in total. The van der Waals surface area contributed by atoms with Gasteiger partial charge in [0, 0.05) is 11.5 Å². The molecule has 0 amide bonds. The molecule has 3 rings (SSSR count). The van der Waals surface area contributed by atoms with Crippen molar-refractivity contribution in [2.24, 2.45) is 7.05 Å². The lowest BCUT2D eigenvalue weighted by Crippen LogP contribution is -2.21. The van der Waals surface area contributed by atoms with Crippen LogP contribution in [0.1, 0.15) is 18.2 Å². The Balaban J connectivity index is 2.14. The van der Waals surface area contributed by atoms with Crippen molar-refractivity contribution in [3.05, 3.63) is 74.6 Å². The number of hydrogen-bond donors (Lipinski definition) is 0. The predicted molar refractivity (Wildman–Crippen MR) is 94.7 cm³/mol. The van der Waals surface area contributed by atoms with Crippen molar-refractivity contribution < 1.29 is 0 Å². The predicted octanol–water partition coefficient (Wildman–Crippen LogP) is 4.26. The van der Waals surface area contributed by atoms with Crippen LogP contribution >= 0.6 is 15.9 Å². The number of rotatable bonds is 2. The summed E-state index contributed by atoms with van der Waals surface area (Å²) in [7, 11) is 1.78. The molecule has 1 aromatic heterocycles. The maximum atomic E-state index is 12.5. The van der Waals surface area contributed by atoms with Gasteiger partial charge in [0.05, 0.1) is 11.0 Å². The first-order valence-electron chi connectivity index (χ1n) is 6.96. The van der Waals surface area contributed by atoms with E-state index in [1.807, 2.05) is 61.5 Å². The van der Waals surface area contributed by atoms with Crippen molar-refractivity contribution in [2.45, 2.75) is 6.92 Å². The van der Waals surface area contributed by atoms with Gasteiger partial charge >= 0.3 is 0 Å². The Labute approximate surface area is 137 Å². The Morgan fingerprint density at radius 2 is 1.82 bits per heavy atom. The maximum absolute atomic E-state index is 12.5. The number of benzene rings is 2. The Morgan fingerprint density at radius 1 is 1.14 bits per heavy atom. The van der Waals surface area contributed by atoms with E-state index in [-0.39, 0.29) is 5.56 Å². The van der Waals surface area contributed by atoms with Crippen molar-refractivity contribution >= 4 is 38.6 Å². The summed E-state index contributed by atoms with van der Waals surface area (Å²) in [6.45, 7) is 1.99. The molecule has 0 radical (unpaired) electrons. The van der Waals surface area contributed by atoms with Crippen LogP contribution in [-0.4, -0.2) is 9.55 Å². The summed E-state index contributed by atoms with van der Waals surface area (Å²) < 4.78 is 2.67. The lowest BCUT2D eigenvalue weighted by molar-refractivity contribution is 0.886. The summed E-state index contributed by atoms with van der Waals surface area (Å²) >= 11 is 3.42. The second kappa shape index (κ2) is 5.89. The van der Waals surface area contributed by atoms with Crippen LogP contribution in [0.5, 0.6) is 0 Å². The van der Waals surface area contributed by atoms with E-state index in [2.05, 4.69) is 20.9 Å². The Hall–Kier alpha value is -2.20. The van der Waals surface area contributed by atoms with Gasteiger partial charge in [0.2, 0.25) is 0 Å². The first kappa shape index (κ1) is 14.7. The molecular formula is C18H15BrN2O. The van der Waals surface area contributed by atoms with Crippen molar-refractivity contribution in [2.75, 3.05) is 0 Å². The number of fused-ring (bicyclic) bond motifs is 1.